The fourth-order valence-electron chi connectivity index (χ4n) is 2.62. The monoisotopic (exact) mass is 345 g/mol. The molecule has 1 heterocycles. The first kappa shape index (κ1) is 16.8. The highest BCUT2D eigenvalue weighted by molar-refractivity contribution is 7.80. The Morgan fingerprint density at radius 3 is 2.90 bits per heavy atom. The molecular formula is C15H21Cl2N3S. The van der Waals surface area contributed by atoms with Crippen LogP contribution in [0.4, 0.5) is 5.69 Å². The maximum Gasteiger partial charge on any atom is 0.171 e. The molecule has 116 valence electrons. The van der Waals surface area contributed by atoms with E-state index in [9.17, 15) is 0 Å². The number of rotatable bonds is 4. The minimum Gasteiger partial charge on any atom is -0.358 e. The highest BCUT2D eigenvalue weighted by Crippen LogP contribution is 2.25. The van der Waals surface area contributed by atoms with Crippen molar-refractivity contribution in [2.75, 3.05) is 25.0 Å². The number of nitrogens with zero attached hydrogens (tertiary/aromatic N) is 1. The number of hydrogen-bond acceptors (Lipinski definition) is 2. The fourth-order valence-corrected chi connectivity index (χ4v) is 3.20. The second-order valence-electron chi connectivity index (χ2n) is 5.37. The van der Waals surface area contributed by atoms with Gasteiger partial charge in [0.2, 0.25) is 0 Å². The summed E-state index contributed by atoms with van der Waals surface area (Å²) in [6.45, 7) is 5.62. The van der Waals surface area contributed by atoms with Gasteiger partial charge in [-0.1, -0.05) is 30.1 Å². The van der Waals surface area contributed by atoms with Crippen molar-refractivity contribution >= 4 is 46.2 Å². The highest BCUT2D eigenvalue weighted by Gasteiger charge is 2.19. The Morgan fingerprint density at radius 1 is 1.38 bits per heavy atom. The summed E-state index contributed by atoms with van der Waals surface area (Å²) >= 11 is 17.3. The molecule has 0 radical (unpaired) electrons. The number of thiocarbonyl (C=S) groups is 1. The molecule has 0 aromatic heterocycles. The van der Waals surface area contributed by atoms with E-state index < -0.39 is 0 Å². The van der Waals surface area contributed by atoms with Crippen molar-refractivity contribution in [3.63, 3.8) is 0 Å². The minimum atomic E-state index is 0.410. The molecule has 1 fully saturated rings. The Hall–Kier alpha value is -0.550. The van der Waals surface area contributed by atoms with Crippen molar-refractivity contribution in [1.82, 2.24) is 10.2 Å². The number of piperidine rings is 1. The molecule has 1 atom stereocenters. The maximum atomic E-state index is 6.00. The van der Waals surface area contributed by atoms with E-state index in [0.29, 0.717) is 21.2 Å². The molecule has 0 bridgehead atoms. The summed E-state index contributed by atoms with van der Waals surface area (Å²) in [6.07, 6.45) is 3.56. The summed E-state index contributed by atoms with van der Waals surface area (Å²) in [7, 11) is 0. The fraction of sp³-hybridized carbons (Fsp3) is 0.533. The molecule has 1 aliphatic heterocycles. The van der Waals surface area contributed by atoms with Crippen LogP contribution in [0.2, 0.25) is 10.0 Å². The molecule has 0 unspecified atom stereocenters. The van der Waals surface area contributed by atoms with Crippen LogP contribution in [0.5, 0.6) is 0 Å². The molecule has 21 heavy (non-hydrogen) atoms. The Kier molecular flexibility index (Phi) is 6.55. The average Bonchev–Trinajstić information content (AvgIpc) is 2.43. The van der Waals surface area contributed by atoms with Gasteiger partial charge in [0, 0.05) is 18.3 Å². The zero-order valence-corrected chi connectivity index (χ0v) is 14.5. The van der Waals surface area contributed by atoms with Gasteiger partial charge in [-0.05, 0) is 62.8 Å². The molecule has 1 aromatic rings. The van der Waals surface area contributed by atoms with E-state index in [4.69, 9.17) is 35.4 Å². The molecular weight excluding hydrogens is 325 g/mol. The van der Waals surface area contributed by atoms with Gasteiger partial charge in [0.05, 0.1) is 10.0 Å². The normalized spacial score (nSPS) is 19.3. The van der Waals surface area contributed by atoms with Crippen molar-refractivity contribution in [2.24, 2.45) is 0 Å². The molecule has 1 saturated heterocycles. The average molecular weight is 346 g/mol. The minimum absolute atomic E-state index is 0.410. The standard InChI is InChI=1S/C15H21Cl2N3S/c1-2-7-20-8-3-4-12(10-20)19-15(21)18-11-5-6-13(16)14(17)9-11/h5-6,9,12H,2-4,7-8,10H2,1H3,(H2,18,19,21)/t12-/m0/s1. The second kappa shape index (κ2) is 8.18. The van der Waals surface area contributed by atoms with Crippen LogP contribution < -0.4 is 10.6 Å². The molecule has 2 rings (SSSR count). The number of likely N-dealkylation sites (tertiary alicyclic amines) is 1. The van der Waals surface area contributed by atoms with Crippen molar-refractivity contribution in [2.45, 2.75) is 32.2 Å². The van der Waals surface area contributed by atoms with Crippen LogP contribution in [0.15, 0.2) is 18.2 Å². The Bertz CT molecular complexity index is 494. The third-order valence-electron chi connectivity index (χ3n) is 3.56. The van der Waals surface area contributed by atoms with Crippen molar-refractivity contribution in [3.05, 3.63) is 28.2 Å². The van der Waals surface area contributed by atoms with Crippen molar-refractivity contribution < 1.29 is 0 Å². The topological polar surface area (TPSA) is 27.3 Å². The van der Waals surface area contributed by atoms with E-state index >= 15 is 0 Å². The molecule has 6 heteroatoms. The zero-order chi connectivity index (χ0) is 15.2. The van der Waals surface area contributed by atoms with E-state index in [2.05, 4.69) is 22.5 Å². The first-order chi connectivity index (χ1) is 10.1. The van der Waals surface area contributed by atoms with E-state index in [1.807, 2.05) is 6.07 Å². The third kappa shape index (κ3) is 5.29. The van der Waals surface area contributed by atoms with Crippen LogP contribution in [0.1, 0.15) is 26.2 Å². The Morgan fingerprint density at radius 2 is 2.19 bits per heavy atom. The van der Waals surface area contributed by atoms with Crippen LogP contribution in [0.25, 0.3) is 0 Å². The lowest BCUT2D eigenvalue weighted by Crippen LogP contribution is -2.48. The molecule has 3 nitrogen and oxygen atoms in total. The molecule has 1 aromatic carbocycles. The second-order valence-corrected chi connectivity index (χ2v) is 6.59. The number of hydrogen-bond donors (Lipinski definition) is 2. The van der Waals surface area contributed by atoms with Gasteiger partial charge in [0.15, 0.2) is 5.11 Å². The first-order valence-electron chi connectivity index (χ1n) is 7.33. The number of benzene rings is 1. The summed E-state index contributed by atoms with van der Waals surface area (Å²) in [4.78, 5) is 2.49. The predicted octanol–water partition coefficient (Wildman–Crippen LogP) is 4.15. The van der Waals surface area contributed by atoms with Gasteiger partial charge in [0.25, 0.3) is 0 Å². The van der Waals surface area contributed by atoms with Crippen LogP contribution in [0.3, 0.4) is 0 Å². The van der Waals surface area contributed by atoms with Crippen molar-refractivity contribution in [3.8, 4) is 0 Å². The Balaban J connectivity index is 1.84. The van der Waals surface area contributed by atoms with Crippen LogP contribution in [-0.4, -0.2) is 35.7 Å². The quantitative estimate of drug-likeness (QED) is 0.801. The van der Waals surface area contributed by atoms with Gasteiger partial charge < -0.3 is 15.5 Å². The summed E-state index contributed by atoms with van der Waals surface area (Å²) in [5.41, 5.74) is 0.850. The van der Waals surface area contributed by atoms with E-state index in [-0.39, 0.29) is 0 Å². The predicted molar refractivity (Wildman–Crippen MR) is 95.6 cm³/mol. The van der Waals surface area contributed by atoms with Crippen LogP contribution in [0, 0.1) is 0 Å². The van der Waals surface area contributed by atoms with Gasteiger partial charge in [-0.15, -0.1) is 0 Å². The molecule has 0 aliphatic carbocycles. The highest BCUT2D eigenvalue weighted by atomic mass is 35.5. The zero-order valence-electron chi connectivity index (χ0n) is 12.2. The smallest absolute Gasteiger partial charge is 0.171 e. The van der Waals surface area contributed by atoms with Crippen LogP contribution in [-0.2, 0) is 0 Å². The van der Waals surface area contributed by atoms with Crippen molar-refractivity contribution in [1.29, 1.82) is 0 Å². The van der Waals surface area contributed by atoms with E-state index in [0.717, 1.165) is 25.2 Å². The molecule has 0 spiro atoms. The van der Waals surface area contributed by atoms with Gasteiger partial charge in [0.1, 0.15) is 0 Å². The van der Waals surface area contributed by atoms with Gasteiger partial charge in [-0.25, -0.2) is 0 Å². The third-order valence-corrected chi connectivity index (χ3v) is 4.52. The van der Waals surface area contributed by atoms with Gasteiger partial charge >= 0.3 is 0 Å². The number of nitrogens with one attached hydrogen (secondary N) is 2. The van der Waals surface area contributed by atoms with Gasteiger partial charge in [-0.2, -0.15) is 0 Å². The van der Waals surface area contributed by atoms with Crippen LogP contribution >= 0.6 is 35.4 Å². The molecule has 2 N–H and O–H groups in total. The molecule has 0 saturated carbocycles. The van der Waals surface area contributed by atoms with E-state index in [1.54, 1.807) is 12.1 Å². The maximum absolute atomic E-state index is 6.00. The summed E-state index contributed by atoms with van der Waals surface area (Å²) in [5.74, 6) is 0. The summed E-state index contributed by atoms with van der Waals surface area (Å²) in [6, 6.07) is 5.82. The van der Waals surface area contributed by atoms with E-state index in [1.165, 1.54) is 19.4 Å². The summed E-state index contributed by atoms with van der Waals surface area (Å²) < 4.78 is 0. The SMILES string of the molecule is CCCN1CCC[C@H](NC(=S)Nc2ccc(Cl)c(Cl)c2)C1. The molecule has 1 aliphatic rings. The first-order valence-corrected chi connectivity index (χ1v) is 8.50. The number of halogens is 2. The lowest BCUT2D eigenvalue weighted by molar-refractivity contribution is 0.201. The molecule has 0 amide bonds. The lowest BCUT2D eigenvalue weighted by Gasteiger charge is -2.33. The number of anilines is 1. The largest absolute Gasteiger partial charge is 0.358 e. The van der Waals surface area contributed by atoms with Gasteiger partial charge in [-0.3, -0.25) is 0 Å². The lowest BCUT2D eigenvalue weighted by atomic mass is 10.1. The Labute approximate surface area is 142 Å². The summed E-state index contributed by atoms with van der Waals surface area (Å²) in [5, 5.41) is 8.26.